The number of benzene rings is 3. The molecule has 9 heteroatoms. The molecule has 3 aromatic rings. The minimum Gasteiger partial charge on any atom is -0.454 e. The molecule has 176 valence electrons. The SMILES string of the molecule is C/C(=N/NC(=O)c1ccc(CN(C)S(=O)(=O)c2ccc(C)cc2)cc1)c1ccc2c(c1)OCO2. The first-order chi connectivity index (χ1) is 16.2. The number of hydrazone groups is 1. The Morgan fingerprint density at radius 3 is 2.32 bits per heavy atom. The molecule has 4 rings (SSSR count). The fourth-order valence-corrected chi connectivity index (χ4v) is 4.54. The van der Waals surface area contributed by atoms with Gasteiger partial charge in [0.25, 0.3) is 5.91 Å². The first-order valence-corrected chi connectivity index (χ1v) is 12.0. The lowest BCUT2D eigenvalue weighted by Gasteiger charge is -2.17. The van der Waals surface area contributed by atoms with Gasteiger partial charge >= 0.3 is 0 Å². The number of aryl methyl sites for hydroxylation is 1. The summed E-state index contributed by atoms with van der Waals surface area (Å²) in [6.07, 6.45) is 0. The minimum absolute atomic E-state index is 0.180. The normalized spacial score (nSPS) is 13.2. The number of ether oxygens (including phenoxy) is 2. The van der Waals surface area contributed by atoms with Gasteiger partial charge in [0.15, 0.2) is 11.5 Å². The van der Waals surface area contributed by atoms with Crippen LogP contribution in [0.3, 0.4) is 0 Å². The van der Waals surface area contributed by atoms with Crippen molar-refractivity contribution in [2.24, 2.45) is 5.10 Å². The van der Waals surface area contributed by atoms with E-state index in [9.17, 15) is 13.2 Å². The zero-order chi connectivity index (χ0) is 24.3. The molecule has 0 aliphatic carbocycles. The highest BCUT2D eigenvalue weighted by Crippen LogP contribution is 2.32. The van der Waals surface area contributed by atoms with Crippen LogP contribution >= 0.6 is 0 Å². The van der Waals surface area contributed by atoms with E-state index in [0.717, 1.165) is 16.7 Å². The molecule has 3 aromatic carbocycles. The molecule has 8 nitrogen and oxygen atoms in total. The molecule has 0 spiro atoms. The second kappa shape index (κ2) is 9.66. The summed E-state index contributed by atoms with van der Waals surface area (Å²) in [6, 6.07) is 18.9. The number of amides is 1. The van der Waals surface area contributed by atoms with Crippen molar-refractivity contribution in [3.63, 3.8) is 0 Å². The first-order valence-electron chi connectivity index (χ1n) is 10.6. The fourth-order valence-electron chi connectivity index (χ4n) is 3.38. The lowest BCUT2D eigenvalue weighted by Crippen LogP contribution is -2.26. The van der Waals surface area contributed by atoms with E-state index in [1.54, 1.807) is 61.5 Å². The van der Waals surface area contributed by atoms with Gasteiger partial charge in [-0.25, -0.2) is 13.8 Å². The largest absolute Gasteiger partial charge is 0.454 e. The van der Waals surface area contributed by atoms with Crippen LogP contribution in [0.25, 0.3) is 0 Å². The maximum Gasteiger partial charge on any atom is 0.271 e. The van der Waals surface area contributed by atoms with E-state index in [1.165, 1.54) is 11.4 Å². The number of carbonyl (C=O) groups excluding carboxylic acids is 1. The van der Waals surface area contributed by atoms with Crippen LogP contribution in [0, 0.1) is 6.92 Å². The van der Waals surface area contributed by atoms with E-state index in [-0.39, 0.29) is 24.1 Å². The number of carbonyl (C=O) groups is 1. The molecule has 1 amide bonds. The van der Waals surface area contributed by atoms with Crippen LogP contribution in [0.2, 0.25) is 0 Å². The molecule has 1 N–H and O–H groups in total. The van der Waals surface area contributed by atoms with E-state index in [4.69, 9.17) is 9.47 Å². The van der Waals surface area contributed by atoms with Gasteiger partial charge in [-0.2, -0.15) is 9.41 Å². The Kier molecular flexibility index (Phi) is 6.67. The van der Waals surface area contributed by atoms with Crippen molar-refractivity contribution in [3.8, 4) is 11.5 Å². The summed E-state index contributed by atoms with van der Waals surface area (Å²) in [4.78, 5) is 12.7. The Morgan fingerprint density at radius 1 is 0.971 bits per heavy atom. The van der Waals surface area contributed by atoms with Crippen molar-refractivity contribution >= 4 is 21.6 Å². The van der Waals surface area contributed by atoms with Crippen molar-refractivity contribution in [1.82, 2.24) is 9.73 Å². The second-order valence-corrected chi connectivity index (χ2v) is 10.0. The quantitative estimate of drug-likeness (QED) is 0.412. The van der Waals surface area contributed by atoms with E-state index in [1.807, 2.05) is 19.1 Å². The van der Waals surface area contributed by atoms with Gasteiger partial charge < -0.3 is 9.47 Å². The van der Waals surface area contributed by atoms with Crippen molar-refractivity contribution < 1.29 is 22.7 Å². The Hall–Kier alpha value is -3.69. The van der Waals surface area contributed by atoms with E-state index in [0.29, 0.717) is 22.8 Å². The molecule has 0 aromatic heterocycles. The predicted octanol–water partition coefficient (Wildman–Crippen LogP) is 3.70. The van der Waals surface area contributed by atoms with Gasteiger partial charge in [0, 0.05) is 24.7 Å². The molecule has 0 fully saturated rings. The molecule has 0 saturated carbocycles. The van der Waals surface area contributed by atoms with Gasteiger partial charge in [0.1, 0.15) is 0 Å². The third-order valence-corrected chi connectivity index (χ3v) is 7.28. The van der Waals surface area contributed by atoms with Gasteiger partial charge in [-0.3, -0.25) is 4.79 Å². The van der Waals surface area contributed by atoms with Crippen molar-refractivity contribution in [3.05, 3.63) is 89.0 Å². The van der Waals surface area contributed by atoms with Crippen LogP contribution in [0.5, 0.6) is 11.5 Å². The Balaban J connectivity index is 1.38. The molecule has 0 radical (unpaired) electrons. The zero-order valence-corrected chi connectivity index (χ0v) is 19.9. The molecule has 1 aliphatic heterocycles. The van der Waals surface area contributed by atoms with Gasteiger partial charge in [-0.15, -0.1) is 0 Å². The average Bonchev–Trinajstić information content (AvgIpc) is 3.31. The van der Waals surface area contributed by atoms with Crippen molar-refractivity contribution in [1.29, 1.82) is 0 Å². The maximum absolute atomic E-state index is 12.8. The van der Waals surface area contributed by atoms with Gasteiger partial charge in [-0.05, 0) is 61.9 Å². The highest BCUT2D eigenvalue weighted by atomic mass is 32.2. The van der Waals surface area contributed by atoms with Crippen LogP contribution in [-0.2, 0) is 16.6 Å². The molecule has 1 heterocycles. The van der Waals surface area contributed by atoms with E-state index < -0.39 is 10.0 Å². The zero-order valence-electron chi connectivity index (χ0n) is 19.1. The number of hydrogen-bond donors (Lipinski definition) is 1. The molecule has 0 unspecified atom stereocenters. The van der Waals surface area contributed by atoms with Gasteiger partial charge in [0.05, 0.1) is 10.6 Å². The Bertz CT molecular complexity index is 1330. The topological polar surface area (TPSA) is 97.3 Å². The summed E-state index contributed by atoms with van der Waals surface area (Å²) in [5.41, 5.74) is 6.13. The number of hydrogen-bond acceptors (Lipinski definition) is 6. The standard InChI is InChI=1S/C25H25N3O5S/c1-17-4-11-22(12-5-17)34(30,31)28(3)15-19-6-8-20(9-7-19)25(29)27-26-18(2)21-10-13-23-24(14-21)33-16-32-23/h4-14H,15-16H2,1-3H3,(H,27,29)/b26-18-. The predicted molar refractivity (Wildman–Crippen MR) is 129 cm³/mol. The molecule has 0 bridgehead atoms. The first kappa shape index (κ1) is 23.5. The van der Waals surface area contributed by atoms with Crippen LogP contribution in [0.15, 0.2) is 76.7 Å². The monoisotopic (exact) mass is 479 g/mol. The lowest BCUT2D eigenvalue weighted by molar-refractivity contribution is 0.0954. The third kappa shape index (κ3) is 5.11. The molecular formula is C25H25N3O5S. The number of nitrogens with one attached hydrogen (secondary N) is 1. The summed E-state index contributed by atoms with van der Waals surface area (Å²) in [6.45, 7) is 4.06. The van der Waals surface area contributed by atoms with E-state index >= 15 is 0 Å². The second-order valence-electron chi connectivity index (χ2n) is 7.98. The van der Waals surface area contributed by atoms with Crippen LogP contribution in [-0.4, -0.2) is 38.2 Å². The Labute approximate surface area is 198 Å². The Morgan fingerprint density at radius 2 is 1.62 bits per heavy atom. The summed E-state index contributed by atoms with van der Waals surface area (Å²) >= 11 is 0. The number of rotatable bonds is 7. The third-order valence-electron chi connectivity index (χ3n) is 5.47. The summed E-state index contributed by atoms with van der Waals surface area (Å²) < 4.78 is 37.5. The fraction of sp³-hybridized carbons (Fsp3) is 0.200. The van der Waals surface area contributed by atoms with Gasteiger partial charge in [-0.1, -0.05) is 29.8 Å². The van der Waals surface area contributed by atoms with Gasteiger partial charge in [0.2, 0.25) is 16.8 Å². The smallest absolute Gasteiger partial charge is 0.271 e. The summed E-state index contributed by atoms with van der Waals surface area (Å²) in [5.74, 6) is 0.952. The maximum atomic E-state index is 12.8. The number of sulfonamides is 1. The molecule has 1 aliphatic rings. The summed E-state index contributed by atoms with van der Waals surface area (Å²) in [5, 5.41) is 4.17. The highest BCUT2D eigenvalue weighted by Gasteiger charge is 2.21. The lowest BCUT2D eigenvalue weighted by atomic mass is 10.1. The van der Waals surface area contributed by atoms with Crippen molar-refractivity contribution in [2.75, 3.05) is 13.8 Å². The number of fused-ring (bicyclic) bond motifs is 1. The highest BCUT2D eigenvalue weighted by molar-refractivity contribution is 7.89. The minimum atomic E-state index is -3.61. The summed E-state index contributed by atoms with van der Waals surface area (Å²) in [7, 11) is -2.08. The number of nitrogens with zero attached hydrogens (tertiary/aromatic N) is 2. The molecular weight excluding hydrogens is 454 g/mol. The van der Waals surface area contributed by atoms with Crippen LogP contribution < -0.4 is 14.9 Å². The average molecular weight is 480 g/mol. The molecule has 0 saturated heterocycles. The van der Waals surface area contributed by atoms with Crippen molar-refractivity contribution in [2.45, 2.75) is 25.3 Å². The van der Waals surface area contributed by atoms with E-state index in [2.05, 4.69) is 10.5 Å². The molecule has 34 heavy (non-hydrogen) atoms. The van der Waals surface area contributed by atoms with Crippen LogP contribution in [0.4, 0.5) is 0 Å². The molecule has 0 atom stereocenters. The van der Waals surface area contributed by atoms with Crippen LogP contribution in [0.1, 0.15) is 34.0 Å².